The van der Waals surface area contributed by atoms with Crippen molar-refractivity contribution in [1.29, 1.82) is 0 Å². The summed E-state index contributed by atoms with van der Waals surface area (Å²) in [5.41, 5.74) is 8.37. The zero-order valence-corrected chi connectivity index (χ0v) is 15.4. The summed E-state index contributed by atoms with van der Waals surface area (Å²) in [7, 11) is 0. The van der Waals surface area contributed by atoms with Crippen molar-refractivity contribution in [1.82, 2.24) is 15.5 Å². The molecule has 144 valence electrons. The average Bonchev–Trinajstić information content (AvgIpc) is 2.93. The second-order valence-electron chi connectivity index (χ2n) is 7.88. The Labute approximate surface area is 158 Å². The molecule has 0 aromatic heterocycles. The number of nitrogens with two attached hydrogens (primary N) is 1. The van der Waals surface area contributed by atoms with Crippen molar-refractivity contribution in [2.75, 3.05) is 6.54 Å². The lowest BCUT2D eigenvalue weighted by Crippen LogP contribution is -2.52. The number of benzene rings is 1. The van der Waals surface area contributed by atoms with Gasteiger partial charge in [0.15, 0.2) is 0 Å². The molecule has 1 atom stereocenters. The molecule has 1 saturated heterocycles. The minimum Gasteiger partial charge on any atom is -0.330 e. The molecule has 4 N–H and O–H groups in total. The molecule has 1 saturated carbocycles. The highest BCUT2D eigenvalue weighted by molar-refractivity contribution is 6.05. The van der Waals surface area contributed by atoms with Gasteiger partial charge in [-0.25, -0.2) is 0 Å². The molecule has 4 rings (SSSR count). The number of nitrogens with one attached hydrogen (secondary N) is 2. The molecule has 1 aliphatic carbocycles. The third-order valence-electron chi connectivity index (χ3n) is 5.99. The van der Waals surface area contributed by atoms with Gasteiger partial charge in [-0.05, 0) is 55.3 Å². The van der Waals surface area contributed by atoms with Crippen molar-refractivity contribution in [2.24, 2.45) is 11.7 Å². The summed E-state index contributed by atoms with van der Waals surface area (Å²) in [6.07, 6.45) is 4.14. The van der Waals surface area contributed by atoms with E-state index in [1.54, 1.807) is 4.90 Å². The maximum absolute atomic E-state index is 12.7. The number of piperidine rings is 1. The van der Waals surface area contributed by atoms with Crippen molar-refractivity contribution < 1.29 is 14.4 Å². The molecule has 1 aromatic carbocycles. The van der Waals surface area contributed by atoms with Gasteiger partial charge in [0, 0.05) is 31.1 Å². The monoisotopic (exact) mass is 370 g/mol. The topological polar surface area (TPSA) is 105 Å². The van der Waals surface area contributed by atoms with Crippen molar-refractivity contribution in [3.63, 3.8) is 0 Å². The Balaban J connectivity index is 1.36. The lowest BCUT2D eigenvalue weighted by Gasteiger charge is -2.36. The first-order chi connectivity index (χ1) is 13.0. The van der Waals surface area contributed by atoms with Gasteiger partial charge in [-0.2, -0.15) is 0 Å². The Kier molecular flexibility index (Phi) is 4.97. The maximum Gasteiger partial charge on any atom is 0.255 e. The number of hydrogen-bond donors (Lipinski definition) is 3. The predicted molar refractivity (Wildman–Crippen MR) is 99.5 cm³/mol. The molecule has 7 nitrogen and oxygen atoms in total. The van der Waals surface area contributed by atoms with E-state index in [0.29, 0.717) is 24.6 Å². The zero-order chi connectivity index (χ0) is 19.0. The maximum atomic E-state index is 12.7. The van der Waals surface area contributed by atoms with E-state index in [1.807, 2.05) is 12.1 Å². The van der Waals surface area contributed by atoms with Crippen LogP contribution in [0.3, 0.4) is 0 Å². The second kappa shape index (κ2) is 7.40. The number of carbonyl (C=O) groups is 3. The molecule has 3 amide bonds. The smallest absolute Gasteiger partial charge is 0.255 e. The molecule has 2 heterocycles. The van der Waals surface area contributed by atoms with Gasteiger partial charge in [-0.1, -0.05) is 12.1 Å². The highest BCUT2D eigenvalue weighted by Crippen LogP contribution is 2.31. The van der Waals surface area contributed by atoms with Crippen LogP contribution < -0.4 is 16.4 Å². The van der Waals surface area contributed by atoms with Crippen molar-refractivity contribution in [3.05, 3.63) is 34.9 Å². The van der Waals surface area contributed by atoms with Crippen molar-refractivity contribution in [2.45, 2.75) is 57.3 Å². The Bertz CT molecular complexity index is 772. The second-order valence-corrected chi connectivity index (χ2v) is 7.88. The van der Waals surface area contributed by atoms with E-state index < -0.39 is 6.04 Å². The van der Waals surface area contributed by atoms with Gasteiger partial charge in [0.2, 0.25) is 11.8 Å². The highest BCUT2D eigenvalue weighted by atomic mass is 16.2. The number of hydrogen-bond acceptors (Lipinski definition) is 5. The number of fused-ring (bicyclic) bond motifs is 1. The third-order valence-corrected chi connectivity index (χ3v) is 5.99. The van der Waals surface area contributed by atoms with E-state index in [0.717, 1.165) is 36.6 Å². The molecule has 1 unspecified atom stereocenters. The van der Waals surface area contributed by atoms with Gasteiger partial charge in [-0.15, -0.1) is 0 Å². The largest absolute Gasteiger partial charge is 0.330 e. The van der Waals surface area contributed by atoms with Gasteiger partial charge < -0.3 is 16.0 Å². The number of carbonyl (C=O) groups excluding carboxylic acids is 3. The standard InChI is InChI=1S/C20H26N4O3/c21-6-5-12-8-15(9-12)22-10-13-1-2-16-14(7-13)11-24(20(16)27)17-3-4-18(25)23-19(17)26/h1-2,7,12,15,17,22H,3-6,8-11,21H2,(H,23,25,26). The van der Waals surface area contributed by atoms with Crippen LogP contribution in [0.1, 0.15) is 53.6 Å². The number of amides is 3. The molecule has 0 spiro atoms. The van der Waals surface area contributed by atoms with Crippen molar-refractivity contribution in [3.8, 4) is 0 Å². The quantitative estimate of drug-likeness (QED) is 0.638. The van der Waals surface area contributed by atoms with E-state index in [1.165, 1.54) is 12.8 Å². The van der Waals surface area contributed by atoms with Crippen LogP contribution in [0.4, 0.5) is 0 Å². The van der Waals surface area contributed by atoms with Crippen LogP contribution in [-0.2, 0) is 22.7 Å². The summed E-state index contributed by atoms with van der Waals surface area (Å²) in [4.78, 5) is 37.7. The van der Waals surface area contributed by atoms with Gasteiger partial charge in [-0.3, -0.25) is 19.7 Å². The van der Waals surface area contributed by atoms with Crippen LogP contribution in [0.5, 0.6) is 0 Å². The molecule has 0 bridgehead atoms. The first-order valence-corrected chi connectivity index (χ1v) is 9.75. The lowest BCUT2D eigenvalue weighted by atomic mass is 9.78. The summed E-state index contributed by atoms with van der Waals surface area (Å²) < 4.78 is 0. The van der Waals surface area contributed by atoms with Crippen LogP contribution >= 0.6 is 0 Å². The van der Waals surface area contributed by atoms with Crippen LogP contribution in [0.15, 0.2) is 18.2 Å². The normalized spacial score (nSPS) is 27.4. The fourth-order valence-corrected chi connectivity index (χ4v) is 4.37. The summed E-state index contributed by atoms with van der Waals surface area (Å²) >= 11 is 0. The predicted octanol–water partition coefficient (Wildman–Crippen LogP) is 0.665. The Morgan fingerprint density at radius 3 is 2.78 bits per heavy atom. The Morgan fingerprint density at radius 2 is 2.04 bits per heavy atom. The molecule has 1 aromatic rings. The van der Waals surface area contributed by atoms with Gasteiger partial charge in [0.25, 0.3) is 5.91 Å². The highest BCUT2D eigenvalue weighted by Gasteiger charge is 2.39. The third kappa shape index (κ3) is 3.61. The molecule has 7 heteroatoms. The van der Waals surface area contributed by atoms with E-state index in [2.05, 4.69) is 16.7 Å². The SMILES string of the molecule is NCCC1CC(NCc2ccc3c(c2)CN(C2CCC(=O)NC2=O)C3=O)C1. The van der Waals surface area contributed by atoms with E-state index >= 15 is 0 Å². The fraction of sp³-hybridized carbons (Fsp3) is 0.550. The van der Waals surface area contributed by atoms with E-state index in [4.69, 9.17) is 5.73 Å². The van der Waals surface area contributed by atoms with Crippen LogP contribution in [0, 0.1) is 5.92 Å². The summed E-state index contributed by atoms with van der Waals surface area (Å²) in [6.45, 7) is 1.97. The molecule has 27 heavy (non-hydrogen) atoms. The van der Waals surface area contributed by atoms with Gasteiger partial charge in [0.05, 0.1) is 0 Å². The first-order valence-electron chi connectivity index (χ1n) is 9.75. The first kappa shape index (κ1) is 18.1. The van der Waals surface area contributed by atoms with Crippen LogP contribution in [0.2, 0.25) is 0 Å². The minimum absolute atomic E-state index is 0.123. The molecular formula is C20H26N4O3. The molecular weight excluding hydrogens is 344 g/mol. The van der Waals surface area contributed by atoms with E-state index in [-0.39, 0.29) is 24.1 Å². The van der Waals surface area contributed by atoms with Crippen LogP contribution in [-0.4, -0.2) is 41.2 Å². The fourth-order valence-electron chi connectivity index (χ4n) is 4.37. The lowest BCUT2D eigenvalue weighted by molar-refractivity contribution is -0.136. The average molecular weight is 370 g/mol. The summed E-state index contributed by atoms with van der Waals surface area (Å²) in [5.74, 6) is -0.000344. The molecule has 3 aliphatic rings. The molecule has 2 fully saturated rings. The summed E-state index contributed by atoms with van der Waals surface area (Å²) in [5, 5.41) is 5.91. The van der Waals surface area contributed by atoms with E-state index in [9.17, 15) is 14.4 Å². The number of rotatable bonds is 6. The number of nitrogens with zero attached hydrogens (tertiary/aromatic N) is 1. The van der Waals surface area contributed by atoms with Gasteiger partial charge in [0.1, 0.15) is 6.04 Å². The number of imide groups is 1. The van der Waals surface area contributed by atoms with Crippen molar-refractivity contribution >= 4 is 17.7 Å². The minimum atomic E-state index is -0.557. The Hall–Kier alpha value is -2.25. The van der Waals surface area contributed by atoms with Gasteiger partial charge >= 0.3 is 0 Å². The van der Waals surface area contributed by atoms with Crippen LogP contribution in [0.25, 0.3) is 0 Å². The Morgan fingerprint density at radius 1 is 1.22 bits per heavy atom. The molecule has 2 aliphatic heterocycles. The molecule has 0 radical (unpaired) electrons. The zero-order valence-electron chi connectivity index (χ0n) is 15.4. The summed E-state index contributed by atoms with van der Waals surface area (Å²) in [6, 6.07) is 5.89.